The summed E-state index contributed by atoms with van der Waals surface area (Å²) in [6.45, 7) is 0. The third kappa shape index (κ3) is 6.70. The molecule has 3 N–H and O–H groups in total. The summed E-state index contributed by atoms with van der Waals surface area (Å²) in [6.07, 6.45) is 1.48. The third-order valence-electron chi connectivity index (χ3n) is 4.20. The molecule has 1 fully saturated rings. The predicted molar refractivity (Wildman–Crippen MR) is 99.7 cm³/mol. The Hall–Kier alpha value is -2.68. The fourth-order valence-corrected chi connectivity index (χ4v) is 2.92. The van der Waals surface area contributed by atoms with Crippen molar-refractivity contribution in [2.75, 3.05) is 5.32 Å². The molecule has 0 saturated heterocycles. The quantitative estimate of drug-likeness (QED) is 0.551. The molecule has 1 aliphatic rings. The Morgan fingerprint density at radius 2 is 1.97 bits per heavy atom. The molecule has 0 radical (unpaired) electrons. The predicted octanol–water partition coefficient (Wildman–Crippen LogP) is 4.56. The Balaban J connectivity index is 0.000000278. The van der Waals surface area contributed by atoms with Crippen molar-refractivity contribution in [3.05, 3.63) is 58.9 Å². The standard InChI is InChI=1S/C13H15F2N3O2.C6H3ClF2/c14-13(15)4-1-2-8(7-13)12(20)18-9-3-5-17-10(6-9)11(16)19;7-4-2-1-3-5(8)6(4)9/h3,5-6,8H,1-2,4,7H2,(H2,16,19)(H,17,18,20);1-3H/t8-;/m0./s1. The first-order valence-electron chi connectivity index (χ1n) is 8.63. The van der Waals surface area contributed by atoms with Gasteiger partial charge in [0.05, 0.1) is 5.02 Å². The van der Waals surface area contributed by atoms with Gasteiger partial charge in [-0.2, -0.15) is 0 Å². The number of nitrogens with one attached hydrogen (secondary N) is 1. The summed E-state index contributed by atoms with van der Waals surface area (Å²) in [6, 6.07) is 6.45. The Morgan fingerprint density at radius 1 is 1.24 bits per heavy atom. The maximum absolute atomic E-state index is 13.3. The van der Waals surface area contributed by atoms with Gasteiger partial charge in [-0.25, -0.2) is 17.6 Å². The number of halogens is 5. The fraction of sp³-hybridized carbons (Fsp3) is 0.316. The van der Waals surface area contributed by atoms with E-state index in [1.54, 1.807) is 0 Å². The molecule has 0 unspecified atom stereocenters. The van der Waals surface area contributed by atoms with Crippen molar-refractivity contribution >= 4 is 29.1 Å². The number of hydrogen-bond acceptors (Lipinski definition) is 3. The summed E-state index contributed by atoms with van der Waals surface area (Å²) >= 11 is 5.20. The number of hydrogen-bond donors (Lipinski definition) is 2. The van der Waals surface area contributed by atoms with E-state index in [4.69, 9.17) is 17.3 Å². The molecular formula is C19H18ClF4N3O2. The van der Waals surface area contributed by atoms with Crippen LogP contribution in [0.4, 0.5) is 23.2 Å². The van der Waals surface area contributed by atoms with Crippen LogP contribution in [0.1, 0.15) is 36.2 Å². The lowest BCUT2D eigenvalue weighted by Crippen LogP contribution is -2.33. The zero-order valence-electron chi connectivity index (χ0n) is 15.1. The van der Waals surface area contributed by atoms with Gasteiger partial charge in [-0.05, 0) is 37.1 Å². The molecule has 1 aromatic heterocycles. The molecular weight excluding hydrogens is 414 g/mol. The molecule has 5 nitrogen and oxygen atoms in total. The van der Waals surface area contributed by atoms with Crippen LogP contribution in [0, 0.1) is 17.6 Å². The highest BCUT2D eigenvalue weighted by atomic mass is 35.5. The summed E-state index contributed by atoms with van der Waals surface area (Å²) in [4.78, 5) is 26.7. The minimum Gasteiger partial charge on any atom is -0.364 e. The molecule has 156 valence electrons. The van der Waals surface area contributed by atoms with E-state index in [0.29, 0.717) is 18.5 Å². The van der Waals surface area contributed by atoms with Crippen LogP contribution in [0.3, 0.4) is 0 Å². The van der Waals surface area contributed by atoms with E-state index >= 15 is 0 Å². The molecule has 1 saturated carbocycles. The molecule has 0 bridgehead atoms. The Labute approximate surface area is 169 Å². The van der Waals surface area contributed by atoms with E-state index in [9.17, 15) is 27.2 Å². The summed E-state index contributed by atoms with van der Waals surface area (Å²) in [7, 11) is 0. The number of benzene rings is 1. The van der Waals surface area contributed by atoms with Crippen LogP contribution >= 0.6 is 11.6 Å². The molecule has 1 aromatic carbocycles. The first-order chi connectivity index (χ1) is 13.6. The molecule has 29 heavy (non-hydrogen) atoms. The maximum Gasteiger partial charge on any atom is 0.267 e. The largest absolute Gasteiger partial charge is 0.364 e. The lowest BCUT2D eigenvalue weighted by atomic mass is 9.86. The first kappa shape index (κ1) is 22.6. The second-order valence-corrected chi connectivity index (χ2v) is 6.88. The van der Waals surface area contributed by atoms with Gasteiger partial charge in [0, 0.05) is 30.6 Å². The Bertz CT molecular complexity index is 875. The first-order valence-corrected chi connectivity index (χ1v) is 9.01. The number of alkyl halides is 2. The van der Waals surface area contributed by atoms with Gasteiger partial charge < -0.3 is 11.1 Å². The van der Waals surface area contributed by atoms with E-state index in [1.165, 1.54) is 30.5 Å². The van der Waals surface area contributed by atoms with Crippen molar-refractivity contribution in [1.29, 1.82) is 0 Å². The smallest absolute Gasteiger partial charge is 0.267 e. The second kappa shape index (κ2) is 9.69. The third-order valence-corrected chi connectivity index (χ3v) is 4.49. The van der Waals surface area contributed by atoms with Crippen molar-refractivity contribution in [2.24, 2.45) is 11.7 Å². The number of pyridine rings is 1. The Morgan fingerprint density at radius 3 is 2.55 bits per heavy atom. The number of amides is 2. The number of carbonyl (C=O) groups is 2. The lowest BCUT2D eigenvalue weighted by Gasteiger charge is -2.27. The van der Waals surface area contributed by atoms with Crippen molar-refractivity contribution in [3.8, 4) is 0 Å². The average Bonchev–Trinajstić information content (AvgIpc) is 2.66. The molecule has 1 heterocycles. The van der Waals surface area contributed by atoms with Gasteiger partial charge in [0.2, 0.25) is 11.8 Å². The molecule has 2 aromatic rings. The van der Waals surface area contributed by atoms with Crippen LogP contribution in [0.2, 0.25) is 5.02 Å². The van der Waals surface area contributed by atoms with Gasteiger partial charge in [-0.3, -0.25) is 14.6 Å². The van der Waals surface area contributed by atoms with Crippen LogP contribution in [-0.4, -0.2) is 22.7 Å². The molecule has 1 atom stereocenters. The molecule has 10 heteroatoms. The van der Waals surface area contributed by atoms with Crippen molar-refractivity contribution in [3.63, 3.8) is 0 Å². The van der Waals surface area contributed by atoms with Crippen molar-refractivity contribution in [2.45, 2.75) is 31.6 Å². The minimum atomic E-state index is -2.78. The molecule has 0 aliphatic heterocycles. The van der Waals surface area contributed by atoms with Gasteiger partial charge in [-0.1, -0.05) is 17.7 Å². The number of nitrogens with zero attached hydrogens (tertiary/aromatic N) is 1. The fourth-order valence-electron chi connectivity index (χ4n) is 2.76. The van der Waals surface area contributed by atoms with E-state index < -0.39 is 41.7 Å². The molecule has 0 spiro atoms. The highest BCUT2D eigenvalue weighted by Crippen LogP contribution is 2.37. The summed E-state index contributed by atoms with van der Waals surface area (Å²) in [5, 5.41) is 2.34. The number of anilines is 1. The van der Waals surface area contributed by atoms with Crippen LogP contribution in [0.5, 0.6) is 0 Å². The molecule has 1 aliphatic carbocycles. The van der Waals surface area contributed by atoms with Gasteiger partial charge in [0.15, 0.2) is 11.6 Å². The highest BCUT2D eigenvalue weighted by molar-refractivity contribution is 6.30. The zero-order chi connectivity index (χ0) is 21.6. The van der Waals surface area contributed by atoms with E-state index in [2.05, 4.69) is 10.3 Å². The number of primary amides is 1. The topological polar surface area (TPSA) is 85.1 Å². The van der Waals surface area contributed by atoms with Crippen LogP contribution in [-0.2, 0) is 4.79 Å². The number of nitrogens with two attached hydrogens (primary N) is 1. The minimum absolute atomic E-state index is 0.0109. The number of aromatic nitrogens is 1. The van der Waals surface area contributed by atoms with Gasteiger partial charge in [-0.15, -0.1) is 0 Å². The van der Waals surface area contributed by atoms with Crippen LogP contribution < -0.4 is 11.1 Å². The van der Waals surface area contributed by atoms with Crippen molar-refractivity contribution in [1.82, 2.24) is 4.98 Å². The van der Waals surface area contributed by atoms with E-state index in [1.807, 2.05) is 0 Å². The normalized spacial score (nSPS) is 17.6. The SMILES string of the molecule is Fc1cccc(Cl)c1F.NC(=O)c1cc(NC(=O)[C@H]2CCCC(F)(F)C2)ccn1. The Kier molecular flexibility index (Phi) is 7.55. The summed E-state index contributed by atoms with van der Waals surface area (Å²) < 4.78 is 50.9. The van der Waals surface area contributed by atoms with E-state index in [-0.39, 0.29) is 17.1 Å². The monoisotopic (exact) mass is 431 g/mol. The van der Waals surface area contributed by atoms with E-state index in [0.717, 1.165) is 6.07 Å². The summed E-state index contributed by atoms with van der Waals surface area (Å²) in [5.74, 6) is -6.58. The average molecular weight is 432 g/mol. The number of carbonyl (C=O) groups excluding carboxylic acids is 2. The van der Waals surface area contributed by atoms with Gasteiger partial charge >= 0.3 is 0 Å². The van der Waals surface area contributed by atoms with Crippen LogP contribution in [0.15, 0.2) is 36.5 Å². The second-order valence-electron chi connectivity index (χ2n) is 6.47. The van der Waals surface area contributed by atoms with Gasteiger partial charge in [0.25, 0.3) is 5.91 Å². The van der Waals surface area contributed by atoms with Crippen LogP contribution in [0.25, 0.3) is 0 Å². The maximum atomic E-state index is 13.3. The number of rotatable bonds is 3. The summed E-state index contributed by atoms with van der Waals surface area (Å²) in [5.41, 5.74) is 5.42. The molecule has 3 rings (SSSR count). The lowest BCUT2D eigenvalue weighted by molar-refractivity contribution is -0.127. The zero-order valence-corrected chi connectivity index (χ0v) is 15.9. The van der Waals surface area contributed by atoms with Gasteiger partial charge in [0.1, 0.15) is 5.69 Å². The highest BCUT2D eigenvalue weighted by Gasteiger charge is 2.39. The molecule has 2 amide bonds. The van der Waals surface area contributed by atoms with Crippen molar-refractivity contribution < 1.29 is 27.2 Å².